The third kappa shape index (κ3) is 12.6. The predicted molar refractivity (Wildman–Crippen MR) is 115 cm³/mol. The lowest BCUT2D eigenvalue weighted by Crippen LogP contribution is -2.40. The highest BCUT2D eigenvalue weighted by Crippen LogP contribution is 2.09. The van der Waals surface area contributed by atoms with Crippen LogP contribution in [0.15, 0.2) is 73.3 Å². The van der Waals surface area contributed by atoms with Crippen molar-refractivity contribution in [2.75, 3.05) is 27.2 Å². The van der Waals surface area contributed by atoms with Crippen molar-refractivity contribution in [1.29, 1.82) is 0 Å². The van der Waals surface area contributed by atoms with Crippen LogP contribution >= 0.6 is 0 Å². The van der Waals surface area contributed by atoms with E-state index in [0.29, 0.717) is 12.1 Å². The Labute approximate surface area is 174 Å². The molecule has 0 bridgehead atoms. The fourth-order valence-electron chi connectivity index (χ4n) is 2.73. The molecular weight excluding hydrogens is 388 g/mol. The van der Waals surface area contributed by atoms with Gasteiger partial charge in [0.25, 0.3) is 0 Å². The molecule has 2 aromatic rings. The Morgan fingerprint density at radius 3 is 2.03 bits per heavy atom. The molecule has 6 nitrogen and oxygen atoms in total. The SMILES string of the molecule is C=CC(=O)NCCC[N+](C)(C)Cc1ccccc1.O=S(=O)([O-])Cc1ccccc1. The van der Waals surface area contributed by atoms with Crippen LogP contribution in [-0.2, 0) is 27.2 Å². The normalized spacial score (nSPS) is 11.1. The summed E-state index contributed by atoms with van der Waals surface area (Å²) in [5.41, 5.74) is 1.88. The van der Waals surface area contributed by atoms with Gasteiger partial charge in [0.05, 0.1) is 36.5 Å². The van der Waals surface area contributed by atoms with E-state index >= 15 is 0 Å². The van der Waals surface area contributed by atoms with Crippen molar-refractivity contribution in [1.82, 2.24) is 5.32 Å². The summed E-state index contributed by atoms with van der Waals surface area (Å²) in [5.74, 6) is -0.517. The second kappa shape index (κ2) is 12.2. The summed E-state index contributed by atoms with van der Waals surface area (Å²) < 4.78 is 31.7. The minimum Gasteiger partial charge on any atom is -0.748 e. The van der Waals surface area contributed by atoms with E-state index in [9.17, 15) is 17.8 Å². The zero-order chi connectivity index (χ0) is 21.8. The first kappa shape index (κ1) is 24.6. The summed E-state index contributed by atoms with van der Waals surface area (Å²) in [6, 6.07) is 18.8. The number of benzene rings is 2. The molecule has 2 rings (SSSR count). The largest absolute Gasteiger partial charge is 0.748 e. The third-order valence-corrected chi connectivity index (χ3v) is 4.75. The molecule has 0 heterocycles. The second-order valence-electron chi connectivity index (χ2n) is 7.34. The predicted octanol–water partition coefficient (Wildman–Crippen LogP) is 2.69. The molecule has 0 saturated carbocycles. The Balaban J connectivity index is 0.000000326. The van der Waals surface area contributed by atoms with Gasteiger partial charge in [0.15, 0.2) is 0 Å². The van der Waals surface area contributed by atoms with Crippen LogP contribution < -0.4 is 5.32 Å². The molecule has 0 aliphatic rings. The van der Waals surface area contributed by atoms with E-state index in [-0.39, 0.29) is 5.91 Å². The van der Waals surface area contributed by atoms with Gasteiger partial charge in [-0.15, -0.1) is 0 Å². The van der Waals surface area contributed by atoms with Crippen LogP contribution in [0.2, 0.25) is 0 Å². The second-order valence-corrected chi connectivity index (χ2v) is 8.74. The Hall–Kier alpha value is -2.48. The zero-order valence-electron chi connectivity index (χ0n) is 17.1. The molecule has 0 saturated heterocycles. The lowest BCUT2D eigenvalue weighted by Gasteiger charge is -2.30. The van der Waals surface area contributed by atoms with Gasteiger partial charge in [0, 0.05) is 18.5 Å². The van der Waals surface area contributed by atoms with Crippen LogP contribution in [0.3, 0.4) is 0 Å². The highest BCUT2D eigenvalue weighted by molar-refractivity contribution is 7.84. The minimum atomic E-state index is -4.13. The van der Waals surface area contributed by atoms with Gasteiger partial charge in [-0.3, -0.25) is 4.79 Å². The maximum Gasteiger partial charge on any atom is 0.243 e. The molecule has 2 aromatic carbocycles. The Morgan fingerprint density at radius 2 is 1.55 bits per heavy atom. The number of carbonyl (C=O) groups is 1. The molecule has 0 atom stereocenters. The first-order chi connectivity index (χ1) is 13.6. The molecule has 0 radical (unpaired) electrons. The quantitative estimate of drug-likeness (QED) is 0.294. The maximum atomic E-state index is 11.0. The van der Waals surface area contributed by atoms with E-state index in [1.807, 2.05) is 6.07 Å². The van der Waals surface area contributed by atoms with Crippen molar-refractivity contribution >= 4 is 16.0 Å². The highest BCUT2D eigenvalue weighted by Gasteiger charge is 2.15. The molecular formula is C22H30N2O4S. The van der Waals surface area contributed by atoms with Crippen molar-refractivity contribution in [2.45, 2.75) is 18.7 Å². The molecule has 1 amide bonds. The molecule has 7 heteroatoms. The first-order valence-corrected chi connectivity index (χ1v) is 10.9. The van der Waals surface area contributed by atoms with Crippen LogP contribution in [0.1, 0.15) is 17.5 Å². The van der Waals surface area contributed by atoms with Crippen molar-refractivity contribution in [3.05, 3.63) is 84.4 Å². The number of carbonyl (C=O) groups excluding carboxylic acids is 1. The molecule has 0 unspecified atom stereocenters. The van der Waals surface area contributed by atoms with Crippen molar-refractivity contribution in [3.8, 4) is 0 Å². The lowest BCUT2D eigenvalue weighted by molar-refractivity contribution is -0.903. The summed E-state index contributed by atoms with van der Waals surface area (Å²) in [6.45, 7) is 6.18. The van der Waals surface area contributed by atoms with Crippen LogP contribution in [-0.4, -0.2) is 50.5 Å². The van der Waals surface area contributed by atoms with Gasteiger partial charge in [0.2, 0.25) is 5.91 Å². The molecule has 1 N–H and O–H groups in total. The van der Waals surface area contributed by atoms with Crippen LogP contribution in [0, 0.1) is 0 Å². The van der Waals surface area contributed by atoms with E-state index in [0.717, 1.165) is 24.0 Å². The Bertz CT molecular complexity index is 851. The molecule has 29 heavy (non-hydrogen) atoms. The average molecular weight is 419 g/mol. The highest BCUT2D eigenvalue weighted by atomic mass is 32.2. The van der Waals surface area contributed by atoms with Gasteiger partial charge in [-0.2, -0.15) is 0 Å². The average Bonchev–Trinajstić information content (AvgIpc) is 2.65. The number of quaternary nitrogens is 1. The van der Waals surface area contributed by atoms with E-state index < -0.39 is 15.9 Å². The molecule has 0 spiro atoms. The first-order valence-electron chi connectivity index (χ1n) is 9.35. The van der Waals surface area contributed by atoms with E-state index in [1.54, 1.807) is 30.3 Å². The Morgan fingerprint density at radius 1 is 1.03 bits per heavy atom. The van der Waals surface area contributed by atoms with Crippen LogP contribution in [0.5, 0.6) is 0 Å². The number of rotatable bonds is 9. The summed E-state index contributed by atoms with van der Waals surface area (Å²) in [5, 5.41) is 2.80. The van der Waals surface area contributed by atoms with Gasteiger partial charge < -0.3 is 14.4 Å². The summed E-state index contributed by atoms with van der Waals surface area (Å²) in [7, 11) is 0.294. The van der Waals surface area contributed by atoms with Gasteiger partial charge in [-0.25, -0.2) is 8.42 Å². The van der Waals surface area contributed by atoms with E-state index in [2.05, 4.69) is 50.3 Å². The fourth-order valence-corrected chi connectivity index (χ4v) is 3.33. The van der Waals surface area contributed by atoms with Gasteiger partial charge >= 0.3 is 0 Å². The van der Waals surface area contributed by atoms with Crippen molar-refractivity contribution in [2.24, 2.45) is 0 Å². The van der Waals surface area contributed by atoms with Crippen LogP contribution in [0.4, 0.5) is 0 Å². The monoisotopic (exact) mass is 418 g/mol. The molecule has 0 fully saturated rings. The van der Waals surface area contributed by atoms with Gasteiger partial charge in [-0.05, 0) is 11.6 Å². The summed E-state index contributed by atoms with van der Waals surface area (Å²) in [4.78, 5) is 11.0. The zero-order valence-corrected chi connectivity index (χ0v) is 17.9. The fraction of sp³-hybridized carbons (Fsp3) is 0.318. The number of nitrogens with zero attached hydrogens (tertiary/aromatic N) is 1. The molecule has 0 aromatic heterocycles. The van der Waals surface area contributed by atoms with Crippen molar-refractivity contribution < 1.29 is 22.2 Å². The Kier molecular flexibility index (Phi) is 10.3. The van der Waals surface area contributed by atoms with E-state index in [1.165, 1.54) is 11.6 Å². The third-order valence-electron chi connectivity index (χ3n) is 4.06. The van der Waals surface area contributed by atoms with Crippen LogP contribution in [0.25, 0.3) is 0 Å². The molecule has 0 aliphatic heterocycles. The number of nitrogens with one attached hydrogen (secondary N) is 1. The number of hydrogen-bond acceptors (Lipinski definition) is 4. The van der Waals surface area contributed by atoms with Crippen molar-refractivity contribution in [3.63, 3.8) is 0 Å². The maximum absolute atomic E-state index is 11.0. The summed E-state index contributed by atoms with van der Waals surface area (Å²) >= 11 is 0. The van der Waals surface area contributed by atoms with Gasteiger partial charge in [0.1, 0.15) is 6.54 Å². The lowest BCUT2D eigenvalue weighted by atomic mass is 10.2. The van der Waals surface area contributed by atoms with E-state index in [4.69, 9.17) is 0 Å². The number of hydrogen-bond donors (Lipinski definition) is 1. The topological polar surface area (TPSA) is 86.3 Å². The molecule has 158 valence electrons. The number of amides is 1. The minimum absolute atomic E-state index is 0.0941. The molecule has 0 aliphatic carbocycles. The standard InChI is InChI=1S/C15H22N2O.C7H8O3S/c1-4-15(18)16-11-8-12-17(2,3)13-14-9-6-5-7-10-14;8-11(9,10)6-7-4-2-1-3-5-7/h4-7,9-10H,1,8,11-13H2,2-3H3;1-5H,6H2,(H,8,9,10). The smallest absolute Gasteiger partial charge is 0.243 e. The van der Waals surface area contributed by atoms with Gasteiger partial charge in [-0.1, -0.05) is 67.2 Å². The summed E-state index contributed by atoms with van der Waals surface area (Å²) in [6.07, 6.45) is 2.28.